The second-order valence-corrected chi connectivity index (χ2v) is 5.58. The summed E-state index contributed by atoms with van der Waals surface area (Å²) in [6.45, 7) is 4.08. The molecule has 0 bridgehead atoms. The van der Waals surface area contributed by atoms with Crippen LogP contribution >= 0.6 is 11.3 Å². The fourth-order valence-corrected chi connectivity index (χ4v) is 2.80. The number of furan rings is 1. The Hall–Kier alpha value is -2.80. The normalized spacial score (nSPS) is 12.2. The Bertz CT molecular complexity index is 939. The third kappa shape index (κ3) is 3.41. The maximum Gasteiger partial charge on any atom is 0.206 e. The minimum Gasteiger partial charge on any atom is -0.463 e. The second kappa shape index (κ2) is 7.18. The highest BCUT2D eigenvalue weighted by atomic mass is 32.1. The largest absolute Gasteiger partial charge is 0.463 e. The summed E-state index contributed by atoms with van der Waals surface area (Å²) in [5.74, 6) is -1.18. The zero-order chi connectivity index (χ0) is 16.9. The van der Waals surface area contributed by atoms with Crippen LogP contribution in [0.1, 0.15) is 5.56 Å². The molecule has 0 amide bonds. The van der Waals surface area contributed by atoms with Gasteiger partial charge in [0, 0.05) is 5.38 Å². The van der Waals surface area contributed by atoms with Crippen LogP contribution in [0.3, 0.4) is 0 Å². The molecular weight excluding hydrogens is 332 g/mol. The van der Waals surface area contributed by atoms with Crippen LogP contribution in [0.2, 0.25) is 0 Å². The van der Waals surface area contributed by atoms with E-state index in [0.29, 0.717) is 28.4 Å². The van der Waals surface area contributed by atoms with E-state index in [1.807, 2.05) is 11.4 Å². The maximum atomic E-state index is 13.3. The maximum absolute atomic E-state index is 13.3. The van der Waals surface area contributed by atoms with Crippen molar-refractivity contribution < 1.29 is 13.2 Å². The Balaban J connectivity index is 2.04. The van der Waals surface area contributed by atoms with Crippen molar-refractivity contribution >= 4 is 17.6 Å². The average Bonchev–Trinajstić information content (AvgIpc) is 3.23. The van der Waals surface area contributed by atoms with Gasteiger partial charge < -0.3 is 4.42 Å². The van der Waals surface area contributed by atoms with E-state index in [2.05, 4.69) is 16.7 Å². The summed E-state index contributed by atoms with van der Waals surface area (Å²) < 4.78 is 33.3. The zero-order valence-electron chi connectivity index (χ0n) is 12.5. The van der Waals surface area contributed by atoms with Crippen LogP contribution in [0.25, 0.3) is 11.5 Å². The molecule has 1 aromatic carbocycles. The van der Waals surface area contributed by atoms with E-state index in [0.717, 1.165) is 12.1 Å². The van der Waals surface area contributed by atoms with Gasteiger partial charge in [-0.3, -0.25) is 4.99 Å². The molecule has 7 heteroatoms. The van der Waals surface area contributed by atoms with Crippen molar-refractivity contribution in [1.82, 2.24) is 4.68 Å². The van der Waals surface area contributed by atoms with Crippen molar-refractivity contribution in [3.8, 4) is 11.5 Å². The van der Waals surface area contributed by atoms with Crippen LogP contribution < -0.4 is 4.80 Å². The van der Waals surface area contributed by atoms with Gasteiger partial charge >= 0.3 is 0 Å². The molecular formula is C17H13F2N3OS. The van der Waals surface area contributed by atoms with E-state index in [4.69, 9.17) is 4.42 Å². The molecule has 0 saturated carbocycles. The zero-order valence-corrected chi connectivity index (χ0v) is 13.3. The summed E-state index contributed by atoms with van der Waals surface area (Å²) in [7, 11) is 0. The first-order valence-electron chi connectivity index (χ1n) is 7.04. The Morgan fingerprint density at radius 3 is 2.83 bits per heavy atom. The molecule has 0 atom stereocenters. The Kier molecular flexibility index (Phi) is 4.81. The summed E-state index contributed by atoms with van der Waals surface area (Å²) in [4.78, 5) is 5.01. The van der Waals surface area contributed by atoms with Gasteiger partial charge in [-0.25, -0.2) is 13.5 Å². The standard InChI is InChI=1S/C17H13F2N3OS/c1-2-7-20-17-22(15(11-24-17)16-4-3-8-23-16)21-10-12-5-6-13(18)14(19)9-12/h2-6,8-11H,1,7H2. The lowest BCUT2D eigenvalue weighted by Gasteiger charge is -2.00. The van der Waals surface area contributed by atoms with Gasteiger partial charge in [0.05, 0.1) is 19.0 Å². The van der Waals surface area contributed by atoms with E-state index in [1.165, 1.54) is 23.6 Å². The molecule has 3 rings (SSSR count). The molecule has 4 nitrogen and oxygen atoms in total. The van der Waals surface area contributed by atoms with Crippen molar-refractivity contribution in [2.45, 2.75) is 0 Å². The minimum absolute atomic E-state index is 0.438. The minimum atomic E-state index is -0.919. The molecule has 0 unspecified atom stereocenters. The van der Waals surface area contributed by atoms with E-state index in [-0.39, 0.29) is 0 Å². The third-order valence-corrected chi connectivity index (χ3v) is 3.93. The Labute approximate surface area is 140 Å². The Morgan fingerprint density at radius 1 is 1.25 bits per heavy atom. The predicted molar refractivity (Wildman–Crippen MR) is 90.0 cm³/mol. The van der Waals surface area contributed by atoms with Crippen LogP contribution in [0.5, 0.6) is 0 Å². The lowest BCUT2D eigenvalue weighted by molar-refractivity contribution is 0.508. The fraction of sp³-hybridized carbons (Fsp3) is 0.0588. The number of halogens is 2. The molecule has 0 radical (unpaired) electrons. The van der Waals surface area contributed by atoms with E-state index >= 15 is 0 Å². The molecule has 0 spiro atoms. The number of thiazole rings is 1. The first-order chi connectivity index (χ1) is 11.7. The predicted octanol–water partition coefficient (Wildman–Crippen LogP) is 4.06. The lowest BCUT2D eigenvalue weighted by Crippen LogP contribution is -2.12. The van der Waals surface area contributed by atoms with Crippen molar-refractivity contribution in [1.29, 1.82) is 0 Å². The summed E-state index contributed by atoms with van der Waals surface area (Å²) in [6.07, 6.45) is 4.68. The molecule has 0 fully saturated rings. The monoisotopic (exact) mass is 345 g/mol. The molecule has 122 valence electrons. The number of aromatic nitrogens is 1. The summed E-state index contributed by atoms with van der Waals surface area (Å²) in [6, 6.07) is 7.17. The van der Waals surface area contributed by atoms with Gasteiger partial charge in [-0.2, -0.15) is 5.10 Å². The summed E-state index contributed by atoms with van der Waals surface area (Å²) in [5.41, 5.74) is 1.15. The van der Waals surface area contributed by atoms with Gasteiger partial charge in [-0.15, -0.1) is 17.9 Å². The number of rotatable bonds is 5. The van der Waals surface area contributed by atoms with Crippen LogP contribution in [-0.2, 0) is 0 Å². The summed E-state index contributed by atoms with van der Waals surface area (Å²) >= 11 is 1.40. The highest BCUT2D eigenvalue weighted by molar-refractivity contribution is 7.07. The molecule has 24 heavy (non-hydrogen) atoms. The molecule has 0 aliphatic heterocycles. The fourth-order valence-electron chi connectivity index (χ4n) is 1.97. The van der Waals surface area contributed by atoms with Gasteiger partial charge in [-0.1, -0.05) is 12.1 Å². The molecule has 2 heterocycles. The highest BCUT2D eigenvalue weighted by Gasteiger charge is 2.09. The first-order valence-corrected chi connectivity index (χ1v) is 7.92. The molecule has 3 aromatic rings. The number of nitrogens with zero attached hydrogens (tertiary/aromatic N) is 3. The van der Waals surface area contributed by atoms with Crippen molar-refractivity contribution in [2.75, 3.05) is 6.54 Å². The number of benzene rings is 1. The van der Waals surface area contributed by atoms with Crippen molar-refractivity contribution in [3.05, 3.63) is 76.6 Å². The molecule has 2 aromatic heterocycles. The van der Waals surface area contributed by atoms with Crippen LogP contribution in [0.4, 0.5) is 8.78 Å². The topological polar surface area (TPSA) is 42.8 Å². The van der Waals surface area contributed by atoms with Crippen molar-refractivity contribution in [3.63, 3.8) is 0 Å². The van der Waals surface area contributed by atoms with Crippen molar-refractivity contribution in [2.24, 2.45) is 10.1 Å². The Morgan fingerprint density at radius 2 is 2.12 bits per heavy atom. The van der Waals surface area contributed by atoms with Gasteiger partial charge in [-0.05, 0) is 29.8 Å². The van der Waals surface area contributed by atoms with Gasteiger partial charge in [0.2, 0.25) is 4.80 Å². The van der Waals surface area contributed by atoms with Crippen LogP contribution in [0, 0.1) is 11.6 Å². The van der Waals surface area contributed by atoms with Gasteiger partial charge in [0.25, 0.3) is 0 Å². The smallest absolute Gasteiger partial charge is 0.206 e. The van der Waals surface area contributed by atoms with Crippen LogP contribution in [-0.4, -0.2) is 17.4 Å². The van der Waals surface area contributed by atoms with E-state index in [1.54, 1.807) is 23.1 Å². The lowest BCUT2D eigenvalue weighted by atomic mass is 10.2. The van der Waals surface area contributed by atoms with E-state index < -0.39 is 11.6 Å². The average molecular weight is 345 g/mol. The molecule has 0 aliphatic rings. The van der Waals surface area contributed by atoms with Gasteiger partial charge in [0.1, 0.15) is 5.69 Å². The van der Waals surface area contributed by atoms with Gasteiger partial charge in [0.15, 0.2) is 17.4 Å². The number of hydrogen-bond donors (Lipinski definition) is 0. The SMILES string of the molecule is C=CCN=c1scc(-c2ccco2)n1N=Cc1ccc(F)c(F)c1. The highest BCUT2D eigenvalue weighted by Crippen LogP contribution is 2.20. The third-order valence-electron chi connectivity index (χ3n) is 3.08. The quantitative estimate of drug-likeness (QED) is 0.508. The second-order valence-electron chi connectivity index (χ2n) is 4.74. The summed E-state index contributed by atoms with van der Waals surface area (Å²) in [5, 5.41) is 6.21. The molecule has 0 aliphatic carbocycles. The molecule has 0 N–H and O–H groups in total. The number of hydrogen-bond acceptors (Lipinski definition) is 4. The van der Waals surface area contributed by atoms with E-state index in [9.17, 15) is 8.78 Å². The molecule has 0 saturated heterocycles. The van der Waals surface area contributed by atoms with Crippen LogP contribution in [0.15, 0.2) is 69.1 Å². The first kappa shape index (κ1) is 16.1.